The minimum Gasteiger partial charge on any atom is -0.492 e. The summed E-state index contributed by atoms with van der Waals surface area (Å²) < 4.78 is 33.8. The highest BCUT2D eigenvalue weighted by Crippen LogP contribution is 2.31. The quantitative estimate of drug-likeness (QED) is 0.449. The topological polar surface area (TPSA) is 68.3 Å². The van der Waals surface area contributed by atoms with Crippen LogP contribution < -0.4 is 9.46 Å². The number of thiazole rings is 1. The van der Waals surface area contributed by atoms with Crippen molar-refractivity contribution in [3.63, 3.8) is 0 Å². The van der Waals surface area contributed by atoms with E-state index in [2.05, 4.69) is 22.7 Å². The number of hydrogen-bond donors (Lipinski definition) is 1. The van der Waals surface area contributed by atoms with Crippen molar-refractivity contribution in [3.05, 3.63) is 78.4 Å². The summed E-state index contributed by atoms with van der Waals surface area (Å²) in [5.41, 5.74) is 3.65. The zero-order valence-electron chi connectivity index (χ0n) is 15.8. The van der Waals surface area contributed by atoms with Crippen LogP contribution in [0.5, 0.6) is 5.75 Å². The predicted octanol–water partition coefficient (Wildman–Crippen LogP) is 5.09. The molecule has 0 amide bonds. The highest BCUT2D eigenvalue weighted by molar-refractivity contribution is 7.92. The monoisotopic (exact) mass is 424 g/mol. The predicted molar refractivity (Wildman–Crippen MR) is 119 cm³/mol. The standard InChI is InChI=1S/C22H20N2O3S2/c1-16-7-12-20-21(15-16)28-22(23-20)17-8-10-18(11-9-17)24-29(25,26)14-13-27-19-5-3-2-4-6-19/h2-12,15,24H,13-14H2,1H3. The lowest BCUT2D eigenvalue weighted by Gasteiger charge is -2.09. The van der Waals surface area contributed by atoms with Crippen molar-refractivity contribution in [2.75, 3.05) is 17.1 Å². The molecule has 0 saturated carbocycles. The number of aryl methyl sites for hydroxylation is 1. The summed E-state index contributed by atoms with van der Waals surface area (Å²) in [7, 11) is -3.50. The summed E-state index contributed by atoms with van der Waals surface area (Å²) in [4.78, 5) is 4.66. The summed E-state index contributed by atoms with van der Waals surface area (Å²) in [6, 6.07) is 22.6. The number of rotatable bonds is 7. The van der Waals surface area contributed by atoms with E-state index in [1.165, 1.54) is 5.56 Å². The highest BCUT2D eigenvalue weighted by atomic mass is 32.2. The molecule has 148 valence electrons. The molecule has 0 saturated heterocycles. The molecule has 4 rings (SSSR count). The zero-order valence-corrected chi connectivity index (χ0v) is 17.5. The number of hydrogen-bond acceptors (Lipinski definition) is 5. The molecule has 1 heterocycles. The Morgan fingerprint density at radius 3 is 2.52 bits per heavy atom. The maximum atomic E-state index is 12.3. The lowest BCUT2D eigenvalue weighted by Crippen LogP contribution is -2.21. The summed E-state index contributed by atoms with van der Waals surface area (Å²) in [6.07, 6.45) is 0. The molecule has 0 radical (unpaired) electrons. The van der Waals surface area contributed by atoms with Gasteiger partial charge in [-0.3, -0.25) is 4.72 Å². The summed E-state index contributed by atoms with van der Waals surface area (Å²) >= 11 is 1.63. The van der Waals surface area contributed by atoms with Crippen LogP contribution in [0.2, 0.25) is 0 Å². The lowest BCUT2D eigenvalue weighted by molar-refractivity contribution is 0.341. The second-order valence-corrected chi connectivity index (χ2v) is 9.52. The van der Waals surface area contributed by atoms with Crippen LogP contribution in [-0.4, -0.2) is 25.8 Å². The van der Waals surface area contributed by atoms with Gasteiger partial charge in [0.1, 0.15) is 23.1 Å². The van der Waals surface area contributed by atoms with Gasteiger partial charge in [0.05, 0.1) is 10.2 Å². The normalized spacial score (nSPS) is 11.5. The Hall–Kier alpha value is -2.90. The third-order valence-electron chi connectivity index (χ3n) is 4.31. The van der Waals surface area contributed by atoms with Crippen LogP contribution in [-0.2, 0) is 10.0 Å². The second kappa shape index (κ2) is 8.23. The summed E-state index contributed by atoms with van der Waals surface area (Å²) in [5, 5.41) is 0.913. The first-order valence-electron chi connectivity index (χ1n) is 9.14. The van der Waals surface area contributed by atoms with Crippen LogP contribution in [0.3, 0.4) is 0 Å². The van der Waals surface area contributed by atoms with Gasteiger partial charge < -0.3 is 4.74 Å². The van der Waals surface area contributed by atoms with Crippen LogP contribution in [0.15, 0.2) is 72.8 Å². The molecule has 0 fully saturated rings. The van der Waals surface area contributed by atoms with E-state index in [9.17, 15) is 8.42 Å². The van der Waals surface area contributed by atoms with Gasteiger partial charge in [-0.2, -0.15) is 0 Å². The lowest BCUT2D eigenvalue weighted by atomic mass is 10.2. The molecular weight excluding hydrogens is 404 g/mol. The van der Waals surface area contributed by atoms with Gasteiger partial charge in [0.25, 0.3) is 0 Å². The van der Waals surface area contributed by atoms with E-state index >= 15 is 0 Å². The zero-order chi connectivity index (χ0) is 20.3. The van der Waals surface area contributed by atoms with Gasteiger partial charge in [0, 0.05) is 11.3 Å². The maximum absolute atomic E-state index is 12.3. The number of nitrogens with zero attached hydrogens (tertiary/aromatic N) is 1. The third-order valence-corrected chi connectivity index (χ3v) is 6.63. The van der Waals surface area contributed by atoms with Gasteiger partial charge >= 0.3 is 0 Å². The van der Waals surface area contributed by atoms with Crippen molar-refractivity contribution in [1.82, 2.24) is 4.98 Å². The molecule has 3 aromatic carbocycles. The number of benzene rings is 3. The van der Waals surface area contributed by atoms with Crippen molar-refractivity contribution in [2.45, 2.75) is 6.92 Å². The molecule has 0 aliphatic rings. The van der Waals surface area contributed by atoms with E-state index < -0.39 is 10.0 Å². The molecule has 29 heavy (non-hydrogen) atoms. The Bertz CT molecular complexity index is 1220. The SMILES string of the molecule is Cc1ccc2nc(-c3ccc(NS(=O)(=O)CCOc4ccccc4)cc3)sc2c1. The number of aromatic nitrogens is 1. The van der Waals surface area contributed by atoms with Crippen LogP contribution in [0.25, 0.3) is 20.8 Å². The van der Waals surface area contributed by atoms with Crippen molar-refractivity contribution in [3.8, 4) is 16.3 Å². The number of fused-ring (bicyclic) bond motifs is 1. The second-order valence-electron chi connectivity index (χ2n) is 6.65. The summed E-state index contributed by atoms with van der Waals surface area (Å²) in [5.74, 6) is 0.527. The average molecular weight is 425 g/mol. The Kier molecular flexibility index (Phi) is 5.51. The molecule has 0 unspecified atom stereocenters. The molecule has 0 spiro atoms. The number of sulfonamides is 1. The fourth-order valence-electron chi connectivity index (χ4n) is 2.85. The van der Waals surface area contributed by atoms with Gasteiger partial charge in [-0.05, 0) is 61.0 Å². The molecule has 5 nitrogen and oxygen atoms in total. The van der Waals surface area contributed by atoms with Crippen LogP contribution in [0, 0.1) is 6.92 Å². The van der Waals surface area contributed by atoms with Crippen molar-refractivity contribution in [1.29, 1.82) is 0 Å². The van der Waals surface area contributed by atoms with E-state index in [1.54, 1.807) is 35.6 Å². The van der Waals surface area contributed by atoms with E-state index in [-0.39, 0.29) is 12.4 Å². The van der Waals surface area contributed by atoms with Crippen LogP contribution in [0.1, 0.15) is 5.56 Å². The molecular formula is C22H20N2O3S2. The van der Waals surface area contributed by atoms with Gasteiger partial charge in [-0.15, -0.1) is 11.3 Å². The molecule has 1 N–H and O–H groups in total. The Morgan fingerprint density at radius 1 is 1.00 bits per heavy atom. The molecule has 0 bridgehead atoms. The Labute approximate surface area is 174 Å². The average Bonchev–Trinajstić information content (AvgIpc) is 3.12. The highest BCUT2D eigenvalue weighted by Gasteiger charge is 2.12. The van der Waals surface area contributed by atoms with Gasteiger partial charge in [0.15, 0.2) is 0 Å². The number of nitrogens with one attached hydrogen (secondary N) is 1. The first-order valence-corrected chi connectivity index (χ1v) is 11.6. The Morgan fingerprint density at radius 2 is 1.76 bits per heavy atom. The molecule has 1 aromatic heterocycles. The van der Waals surface area contributed by atoms with Crippen molar-refractivity contribution < 1.29 is 13.2 Å². The molecule has 0 aliphatic heterocycles. The Balaban J connectivity index is 1.40. The first kappa shape index (κ1) is 19.4. The van der Waals surface area contributed by atoms with Crippen molar-refractivity contribution in [2.24, 2.45) is 0 Å². The van der Waals surface area contributed by atoms with E-state index in [0.29, 0.717) is 11.4 Å². The van der Waals surface area contributed by atoms with E-state index in [4.69, 9.17) is 4.74 Å². The van der Waals surface area contributed by atoms with Crippen molar-refractivity contribution >= 4 is 37.3 Å². The van der Waals surface area contributed by atoms with Crippen LogP contribution >= 0.6 is 11.3 Å². The smallest absolute Gasteiger partial charge is 0.236 e. The first-order chi connectivity index (χ1) is 14.0. The molecule has 7 heteroatoms. The molecule has 4 aromatic rings. The maximum Gasteiger partial charge on any atom is 0.236 e. The van der Waals surface area contributed by atoms with Crippen LogP contribution in [0.4, 0.5) is 5.69 Å². The fourth-order valence-corrected chi connectivity index (χ4v) is 4.82. The van der Waals surface area contributed by atoms with E-state index in [1.807, 2.05) is 42.5 Å². The number of ether oxygens (including phenoxy) is 1. The third kappa shape index (κ3) is 4.93. The molecule has 0 atom stereocenters. The number of para-hydroxylation sites is 1. The van der Waals surface area contributed by atoms with Gasteiger partial charge in [-0.1, -0.05) is 24.3 Å². The number of anilines is 1. The minimum atomic E-state index is -3.50. The summed E-state index contributed by atoms with van der Waals surface area (Å²) in [6.45, 7) is 2.15. The van der Waals surface area contributed by atoms with Gasteiger partial charge in [-0.25, -0.2) is 13.4 Å². The van der Waals surface area contributed by atoms with Gasteiger partial charge in [0.2, 0.25) is 10.0 Å². The van der Waals surface area contributed by atoms with E-state index in [0.717, 1.165) is 20.8 Å². The molecule has 0 aliphatic carbocycles. The minimum absolute atomic E-state index is 0.0859. The largest absolute Gasteiger partial charge is 0.492 e. The fraction of sp³-hybridized carbons (Fsp3) is 0.136.